The highest BCUT2D eigenvalue weighted by atomic mass is 16.3. The van der Waals surface area contributed by atoms with Crippen LogP contribution >= 0.6 is 0 Å². The van der Waals surface area contributed by atoms with Gasteiger partial charge in [0.25, 0.3) is 0 Å². The van der Waals surface area contributed by atoms with Gasteiger partial charge >= 0.3 is 0 Å². The lowest BCUT2D eigenvalue weighted by Gasteiger charge is -2.28. The van der Waals surface area contributed by atoms with Gasteiger partial charge in [0.1, 0.15) is 11.2 Å². The smallest absolute Gasteiger partial charge is 0.143 e. The van der Waals surface area contributed by atoms with E-state index < -0.39 is 0 Å². The van der Waals surface area contributed by atoms with Crippen LogP contribution in [0, 0.1) is 0 Å². The van der Waals surface area contributed by atoms with Gasteiger partial charge in [-0.15, -0.1) is 0 Å². The molecule has 0 unspecified atom stereocenters. The number of fused-ring (bicyclic) bond motifs is 8. The number of nitrogens with zero attached hydrogens (tertiary/aromatic N) is 1. The van der Waals surface area contributed by atoms with Crippen molar-refractivity contribution in [3.63, 3.8) is 0 Å². The van der Waals surface area contributed by atoms with Gasteiger partial charge in [0.2, 0.25) is 0 Å². The lowest BCUT2D eigenvalue weighted by molar-refractivity contribution is 0.672. The molecular weight excluding hydrogens is 607 g/mol. The summed E-state index contributed by atoms with van der Waals surface area (Å²) in [5.41, 5.74) is 9.85. The van der Waals surface area contributed by atoms with Crippen molar-refractivity contribution in [2.45, 2.75) is 0 Å². The van der Waals surface area contributed by atoms with E-state index >= 15 is 0 Å². The van der Waals surface area contributed by atoms with E-state index in [9.17, 15) is 0 Å². The number of hydrogen-bond donors (Lipinski definition) is 0. The molecule has 0 bridgehead atoms. The second-order valence-electron chi connectivity index (χ2n) is 12.9. The summed E-state index contributed by atoms with van der Waals surface area (Å²) in [4.78, 5) is 2.44. The van der Waals surface area contributed by atoms with Gasteiger partial charge in [-0.3, -0.25) is 0 Å². The van der Waals surface area contributed by atoms with Crippen molar-refractivity contribution in [3.05, 3.63) is 188 Å². The summed E-state index contributed by atoms with van der Waals surface area (Å²) >= 11 is 0. The van der Waals surface area contributed by atoms with Crippen LogP contribution in [0.25, 0.3) is 76.5 Å². The number of para-hydroxylation sites is 1. The van der Waals surface area contributed by atoms with E-state index in [2.05, 4.69) is 187 Å². The lowest BCUT2D eigenvalue weighted by atomic mass is 9.93. The molecule has 0 radical (unpaired) electrons. The van der Waals surface area contributed by atoms with Gasteiger partial charge in [-0.1, -0.05) is 152 Å². The second-order valence-corrected chi connectivity index (χ2v) is 12.9. The van der Waals surface area contributed by atoms with Crippen LogP contribution in [0.5, 0.6) is 0 Å². The van der Waals surface area contributed by atoms with Crippen molar-refractivity contribution in [1.82, 2.24) is 0 Å². The zero-order valence-electron chi connectivity index (χ0n) is 27.3. The van der Waals surface area contributed by atoms with E-state index in [1.165, 1.54) is 43.8 Å². The van der Waals surface area contributed by atoms with Crippen LogP contribution in [-0.4, -0.2) is 0 Å². The molecule has 0 aliphatic carbocycles. The van der Waals surface area contributed by atoms with Crippen molar-refractivity contribution in [3.8, 4) is 22.3 Å². The first-order chi connectivity index (χ1) is 24.8. The third-order valence-corrected chi connectivity index (χ3v) is 10.0. The summed E-state index contributed by atoms with van der Waals surface area (Å²) in [5, 5.41) is 9.38. The molecule has 0 aliphatic heterocycles. The SMILES string of the molecule is c1ccc(-c2ccc(N(c3ccc4ccc5ccccc5c4c3)c3cc4c5ccccc5oc4c4ccccc34)cc2-c2ccccc2)cc1. The average molecular weight is 638 g/mol. The van der Waals surface area contributed by atoms with Gasteiger partial charge in [-0.05, 0) is 80.2 Å². The van der Waals surface area contributed by atoms with Crippen LogP contribution in [0.3, 0.4) is 0 Å². The number of benzene rings is 9. The molecular formula is C48H31NO. The first kappa shape index (κ1) is 28.4. The maximum Gasteiger partial charge on any atom is 0.143 e. The van der Waals surface area contributed by atoms with Gasteiger partial charge < -0.3 is 9.32 Å². The molecule has 1 heterocycles. The highest BCUT2D eigenvalue weighted by molar-refractivity contribution is 6.20. The third kappa shape index (κ3) is 4.57. The van der Waals surface area contributed by atoms with E-state index in [1.54, 1.807) is 0 Å². The standard InChI is InChI=1S/C48H31NO/c1-3-13-32(14-4-1)39-28-27-37(30-43(39)33-15-5-2-6-16-33)49(36-26-25-35-24-23-34-17-7-8-18-38(34)44(35)29-36)46-31-45-41-20-11-12-22-47(41)50-48(45)42-21-10-9-19-40(42)46/h1-31H. The van der Waals surface area contributed by atoms with Crippen LogP contribution in [0.4, 0.5) is 17.1 Å². The second kappa shape index (κ2) is 11.5. The Morgan fingerprint density at radius 3 is 1.68 bits per heavy atom. The largest absolute Gasteiger partial charge is 0.455 e. The molecule has 0 saturated carbocycles. The molecule has 10 rings (SSSR count). The van der Waals surface area contributed by atoms with E-state index in [1.807, 2.05) is 6.07 Å². The predicted molar refractivity (Wildman–Crippen MR) is 212 cm³/mol. The van der Waals surface area contributed by atoms with Crippen LogP contribution in [0.2, 0.25) is 0 Å². The Balaban J connectivity index is 1.31. The molecule has 0 saturated heterocycles. The highest BCUT2D eigenvalue weighted by Gasteiger charge is 2.22. The Hall–Kier alpha value is -6.64. The van der Waals surface area contributed by atoms with Gasteiger partial charge in [0.05, 0.1) is 5.69 Å². The molecule has 0 aliphatic rings. The van der Waals surface area contributed by atoms with Crippen LogP contribution in [0.1, 0.15) is 0 Å². The maximum absolute atomic E-state index is 6.54. The Bertz CT molecular complexity index is 2870. The van der Waals surface area contributed by atoms with Crippen molar-refractivity contribution in [2.75, 3.05) is 4.90 Å². The van der Waals surface area contributed by atoms with Crippen molar-refractivity contribution < 1.29 is 4.42 Å². The Morgan fingerprint density at radius 1 is 0.340 bits per heavy atom. The highest BCUT2D eigenvalue weighted by Crippen LogP contribution is 2.47. The van der Waals surface area contributed by atoms with E-state index in [0.29, 0.717) is 0 Å². The van der Waals surface area contributed by atoms with Crippen molar-refractivity contribution in [2.24, 2.45) is 0 Å². The number of rotatable bonds is 5. The molecule has 9 aromatic carbocycles. The molecule has 0 N–H and O–H groups in total. The molecule has 2 heteroatoms. The summed E-state index contributed by atoms with van der Waals surface area (Å²) in [7, 11) is 0. The van der Waals surface area contributed by atoms with Crippen molar-refractivity contribution >= 4 is 71.3 Å². The normalized spacial score (nSPS) is 11.6. The monoisotopic (exact) mass is 637 g/mol. The minimum absolute atomic E-state index is 0.895. The fourth-order valence-electron chi connectivity index (χ4n) is 7.67. The Kier molecular flexibility index (Phi) is 6.53. The molecule has 234 valence electrons. The summed E-state index contributed by atoms with van der Waals surface area (Å²) in [5.74, 6) is 0. The van der Waals surface area contributed by atoms with Gasteiger partial charge in [-0.2, -0.15) is 0 Å². The zero-order valence-corrected chi connectivity index (χ0v) is 27.3. The summed E-state index contributed by atoms with van der Waals surface area (Å²) < 4.78 is 6.54. The van der Waals surface area contributed by atoms with E-state index in [4.69, 9.17) is 4.42 Å². The third-order valence-electron chi connectivity index (χ3n) is 10.0. The van der Waals surface area contributed by atoms with Gasteiger partial charge in [0, 0.05) is 32.9 Å². The van der Waals surface area contributed by atoms with E-state index in [-0.39, 0.29) is 0 Å². The maximum atomic E-state index is 6.54. The predicted octanol–water partition coefficient (Wildman–Crippen LogP) is 13.8. The topological polar surface area (TPSA) is 16.4 Å². The molecule has 0 amide bonds. The number of hydrogen-bond acceptors (Lipinski definition) is 2. The molecule has 2 nitrogen and oxygen atoms in total. The minimum atomic E-state index is 0.895. The lowest BCUT2D eigenvalue weighted by Crippen LogP contribution is -2.11. The molecule has 0 fully saturated rings. The van der Waals surface area contributed by atoms with Crippen LogP contribution in [-0.2, 0) is 0 Å². The van der Waals surface area contributed by atoms with Crippen LogP contribution in [0.15, 0.2) is 192 Å². The first-order valence-electron chi connectivity index (χ1n) is 17.1. The molecule has 10 aromatic rings. The fraction of sp³-hybridized carbons (Fsp3) is 0. The number of anilines is 3. The first-order valence-corrected chi connectivity index (χ1v) is 17.1. The van der Waals surface area contributed by atoms with Crippen molar-refractivity contribution in [1.29, 1.82) is 0 Å². The zero-order chi connectivity index (χ0) is 33.0. The van der Waals surface area contributed by atoms with Crippen LogP contribution < -0.4 is 4.90 Å². The Labute approximate surface area is 290 Å². The Morgan fingerprint density at radius 2 is 0.900 bits per heavy atom. The fourth-order valence-corrected chi connectivity index (χ4v) is 7.67. The molecule has 1 aromatic heterocycles. The molecule has 0 spiro atoms. The van der Waals surface area contributed by atoms with Gasteiger partial charge in [-0.25, -0.2) is 0 Å². The quantitative estimate of drug-likeness (QED) is 0.175. The van der Waals surface area contributed by atoms with E-state index in [0.717, 1.165) is 49.8 Å². The number of furan rings is 1. The van der Waals surface area contributed by atoms with Gasteiger partial charge in [0.15, 0.2) is 0 Å². The summed E-state index contributed by atoms with van der Waals surface area (Å²) in [6.45, 7) is 0. The molecule has 50 heavy (non-hydrogen) atoms. The molecule has 0 atom stereocenters. The minimum Gasteiger partial charge on any atom is -0.455 e. The summed E-state index contributed by atoms with van der Waals surface area (Å²) in [6.07, 6.45) is 0. The average Bonchev–Trinajstić information content (AvgIpc) is 3.57. The summed E-state index contributed by atoms with van der Waals surface area (Å²) in [6, 6.07) is 67.6.